The molecule has 1 aliphatic heterocycles. The van der Waals surface area contributed by atoms with Crippen LogP contribution in [0.5, 0.6) is 0 Å². The second-order valence-corrected chi connectivity index (χ2v) is 6.08. The number of hydrogen-bond acceptors (Lipinski definition) is 3. The molecular formula is C17H26N2O3. The Morgan fingerprint density at radius 3 is 2.64 bits per heavy atom. The van der Waals surface area contributed by atoms with Crippen LogP contribution in [0.25, 0.3) is 0 Å². The van der Waals surface area contributed by atoms with Crippen molar-refractivity contribution in [2.75, 3.05) is 26.3 Å². The van der Waals surface area contributed by atoms with Crippen LogP contribution in [-0.4, -0.2) is 37.4 Å². The molecule has 22 heavy (non-hydrogen) atoms. The molecule has 0 spiro atoms. The molecule has 1 aliphatic rings. The predicted octanol–water partition coefficient (Wildman–Crippen LogP) is 2.01. The molecule has 0 bridgehead atoms. The standard InChI is InChI=1S/C17H26N2O3/c1-17(21,15-5-3-2-4-6-15)9-10-18-16(20)19-13-14-7-11-22-12-8-14/h2-6,14,21H,7-13H2,1H3,(H2,18,19,20)/t17-/m1/s1. The van der Waals surface area contributed by atoms with Gasteiger partial charge in [0, 0.05) is 26.3 Å². The second kappa shape index (κ2) is 8.15. The molecule has 2 amide bonds. The zero-order valence-corrected chi connectivity index (χ0v) is 13.2. The first-order chi connectivity index (χ1) is 10.6. The Morgan fingerprint density at radius 1 is 1.27 bits per heavy atom. The predicted molar refractivity (Wildman–Crippen MR) is 85.6 cm³/mol. The lowest BCUT2D eigenvalue weighted by molar-refractivity contribution is 0.0486. The smallest absolute Gasteiger partial charge is 0.314 e. The molecule has 1 saturated heterocycles. The van der Waals surface area contributed by atoms with Gasteiger partial charge >= 0.3 is 6.03 Å². The summed E-state index contributed by atoms with van der Waals surface area (Å²) in [7, 11) is 0. The lowest BCUT2D eigenvalue weighted by Gasteiger charge is -2.24. The Morgan fingerprint density at radius 2 is 1.95 bits per heavy atom. The average molecular weight is 306 g/mol. The average Bonchev–Trinajstić information content (AvgIpc) is 2.54. The van der Waals surface area contributed by atoms with Gasteiger partial charge in [0.25, 0.3) is 0 Å². The quantitative estimate of drug-likeness (QED) is 0.753. The minimum absolute atomic E-state index is 0.171. The van der Waals surface area contributed by atoms with E-state index in [0.717, 1.165) is 31.6 Å². The SMILES string of the molecule is C[C@@](O)(CCNC(=O)NCC1CCOCC1)c1ccccc1. The van der Waals surface area contributed by atoms with Gasteiger partial charge in [-0.2, -0.15) is 0 Å². The summed E-state index contributed by atoms with van der Waals surface area (Å²) in [6, 6.07) is 9.34. The highest BCUT2D eigenvalue weighted by Gasteiger charge is 2.22. The summed E-state index contributed by atoms with van der Waals surface area (Å²) >= 11 is 0. The van der Waals surface area contributed by atoms with E-state index < -0.39 is 5.60 Å². The largest absolute Gasteiger partial charge is 0.385 e. The minimum Gasteiger partial charge on any atom is -0.385 e. The van der Waals surface area contributed by atoms with E-state index in [2.05, 4.69) is 10.6 Å². The molecular weight excluding hydrogens is 280 g/mol. The molecule has 122 valence electrons. The van der Waals surface area contributed by atoms with Gasteiger partial charge < -0.3 is 20.5 Å². The number of rotatable bonds is 6. The van der Waals surface area contributed by atoms with E-state index in [-0.39, 0.29) is 6.03 Å². The van der Waals surface area contributed by atoms with Gasteiger partial charge in [-0.3, -0.25) is 0 Å². The van der Waals surface area contributed by atoms with Crippen molar-refractivity contribution >= 4 is 6.03 Å². The number of amides is 2. The molecule has 1 aromatic carbocycles. The first kappa shape index (κ1) is 16.8. The number of ether oxygens (including phenoxy) is 1. The fourth-order valence-electron chi connectivity index (χ4n) is 2.61. The van der Waals surface area contributed by atoms with Crippen molar-refractivity contribution in [1.82, 2.24) is 10.6 Å². The number of urea groups is 1. The topological polar surface area (TPSA) is 70.6 Å². The lowest BCUT2D eigenvalue weighted by atomic mass is 9.93. The highest BCUT2D eigenvalue weighted by atomic mass is 16.5. The van der Waals surface area contributed by atoms with E-state index in [4.69, 9.17) is 4.74 Å². The van der Waals surface area contributed by atoms with Gasteiger partial charge in [0.05, 0.1) is 5.60 Å². The van der Waals surface area contributed by atoms with Crippen LogP contribution in [0.3, 0.4) is 0 Å². The van der Waals surface area contributed by atoms with Crippen LogP contribution in [0.15, 0.2) is 30.3 Å². The van der Waals surface area contributed by atoms with Gasteiger partial charge in [0.2, 0.25) is 0 Å². The summed E-state index contributed by atoms with van der Waals surface area (Å²) in [4.78, 5) is 11.8. The van der Waals surface area contributed by atoms with Gasteiger partial charge in [-0.15, -0.1) is 0 Å². The van der Waals surface area contributed by atoms with Crippen LogP contribution in [0.1, 0.15) is 31.7 Å². The van der Waals surface area contributed by atoms with E-state index in [1.165, 1.54) is 0 Å². The van der Waals surface area contributed by atoms with Gasteiger partial charge in [-0.25, -0.2) is 4.79 Å². The molecule has 0 saturated carbocycles. The van der Waals surface area contributed by atoms with Crippen molar-refractivity contribution in [2.24, 2.45) is 5.92 Å². The molecule has 0 aromatic heterocycles. The maximum Gasteiger partial charge on any atom is 0.314 e. The maximum absolute atomic E-state index is 11.8. The molecule has 2 rings (SSSR count). The van der Waals surface area contributed by atoms with Crippen molar-refractivity contribution in [3.63, 3.8) is 0 Å². The van der Waals surface area contributed by atoms with Crippen molar-refractivity contribution in [1.29, 1.82) is 0 Å². The van der Waals surface area contributed by atoms with Gasteiger partial charge in [-0.05, 0) is 37.7 Å². The Kier molecular flexibility index (Phi) is 6.21. The molecule has 5 heteroatoms. The first-order valence-corrected chi connectivity index (χ1v) is 7.95. The normalized spacial score (nSPS) is 18.5. The van der Waals surface area contributed by atoms with Crippen LogP contribution in [0.2, 0.25) is 0 Å². The number of benzene rings is 1. The highest BCUT2D eigenvalue weighted by Crippen LogP contribution is 2.23. The molecule has 1 fully saturated rings. The summed E-state index contributed by atoms with van der Waals surface area (Å²) in [5.74, 6) is 0.506. The minimum atomic E-state index is -0.935. The number of carbonyl (C=O) groups is 1. The second-order valence-electron chi connectivity index (χ2n) is 6.08. The third-order valence-corrected chi connectivity index (χ3v) is 4.19. The number of hydrogen-bond donors (Lipinski definition) is 3. The van der Waals surface area contributed by atoms with Crippen molar-refractivity contribution in [3.05, 3.63) is 35.9 Å². The molecule has 1 aromatic rings. The Bertz CT molecular complexity index is 456. The monoisotopic (exact) mass is 306 g/mol. The van der Waals surface area contributed by atoms with Crippen molar-refractivity contribution < 1.29 is 14.6 Å². The highest BCUT2D eigenvalue weighted by molar-refractivity contribution is 5.73. The van der Waals surface area contributed by atoms with Gasteiger partial charge in [-0.1, -0.05) is 30.3 Å². The molecule has 0 unspecified atom stereocenters. The van der Waals surface area contributed by atoms with E-state index in [9.17, 15) is 9.90 Å². The summed E-state index contributed by atoms with van der Waals surface area (Å²) in [5, 5.41) is 16.1. The van der Waals surface area contributed by atoms with Crippen molar-refractivity contribution in [3.8, 4) is 0 Å². The molecule has 1 atom stereocenters. The Labute approximate surface area is 132 Å². The summed E-state index contributed by atoms with van der Waals surface area (Å²) in [6.45, 7) is 4.46. The summed E-state index contributed by atoms with van der Waals surface area (Å²) in [5.41, 5.74) is -0.0747. The van der Waals surface area contributed by atoms with Crippen LogP contribution in [0.4, 0.5) is 4.79 Å². The van der Waals surface area contributed by atoms with E-state index >= 15 is 0 Å². The van der Waals surface area contributed by atoms with Crippen LogP contribution >= 0.6 is 0 Å². The fourth-order valence-corrected chi connectivity index (χ4v) is 2.61. The van der Waals surface area contributed by atoms with Crippen LogP contribution in [0, 0.1) is 5.92 Å². The van der Waals surface area contributed by atoms with Crippen molar-refractivity contribution in [2.45, 2.75) is 31.8 Å². The van der Waals surface area contributed by atoms with E-state index in [1.54, 1.807) is 6.92 Å². The molecule has 3 N–H and O–H groups in total. The Hall–Kier alpha value is -1.59. The third kappa shape index (κ3) is 5.31. The van der Waals surface area contributed by atoms with Gasteiger partial charge in [0.15, 0.2) is 0 Å². The van der Waals surface area contributed by atoms with Crippen LogP contribution < -0.4 is 10.6 Å². The number of aliphatic hydroxyl groups is 1. The van der Waals surface area contributed by atoms with E-state index in [0.29, 0.717) is 25.4 Å². The Balaban J connectivity index is 1.66. The summed E-state index contributed by atoms with van der Waals surface area (Å²) in [6.07, 6.45) is 2.48. The lowest BCUT2D eigenvalue weighted by Crippen LogP contribution is -2.41. The number of carbonyl (C=O) groups excluding carboxylic acids is 1. The zero-order chi connectivity index (χ0) is 15.8. The zero-order valence-electron chi connectivity index (χ0n) is 13.2. The first-order valence-electron chi connectivity index (χ1n) is 7.95. The number of nitrogens with one attached hydrogen (secondary N) is 2. The molecule has 1 heterocycles. The van der Waals surface area contributed by atoms with Gasteiger partial charge in [0.1, 0.15) is 0 Å². The van der Waals surface area contributed by atoms with Crippen LogP contribution in [-0.2, 0) is 10.3 Å². The summed E-state index contributed by atoms with van der Waals surface area (Å²) < 4.78 is 5.29. The van der Waals surface area contributed by atoms with E-state index in [1.807, 2.05) is 30.3 Å². The molecule has 0 radical (unpaired) electrons. The molecule has 5 nitrogen and oxygen atoms in total. The molecule has 0 aliphatic carbocycles. The maximum atomic E-state index is 11.8. The third-order valence-electron chi connectivity index (χ3n) is 4.19. The fraction of sp³-hybridized carbons (Fsp3) is 0.588.